The van der Waals surface area contributed by atoms with Crippen molar-refractivity contribution < 1.29 is 4.79 Å². The number of hydrogen-bond acceptors (Lipinski definition) is 6. The Balaban J connectivity index is 2.28. The molecular weight excluding hydrogens is 264 g/mol. The van der Waals surface area contributed by atoms with Gasteiger partial charge in [0.1, 0.15) is 15.9 Å². The molecule has 0 aliphatic carbocycles. The van der Waals surface area contributed by atoms with E-state index in [1.165, 1.54) is 7.05 Å². The average molecular weight is 276 g/mol. The number of rotatable bonds is 4. The summed E-state index contributed by atoms with van der Waals surface area (Å²) >= 11 is 1.16. The van der Waals surface area contributed by atoms with Gasteiger partial charge in [0.15, 0.2) is 0 Å². The quantitative estimate of drug-likeness (QED) is 0.661. The van der Waals surface area contributed by atoms with Crippen LogP contribution in [0, 0.1) is 11.3 Å². The van der Waals surface area contributed by atoms with Crippen LogP contribution < -0.4 is 16.4 Å². The molecule has 0 aliphatic heterocycles. The third-order valence-corrected chi connectivity index (χ3v) is 3.58. The largest absolute Gasteiger partial charge is 0.396 e. The van der Waals surface area contributed by atoms with E-state index in [2.05, 4.69) is 20.8 Å². The van der Waals surface area contributed by atoms with E-state index in [4.69, 9.17) is 11.0 Å². The highest BCUT2D eigenvalue weighted by Crippen LogP contribution is 2.35. The van der Waals surface area contributed by atoms with Crippen molar-refractivity contribution in [1.82, 2.24) is 15.5 Å². The van der Waals surface area contributed by atoms with E-state index in [-0.39, 0.29) is 11.6 Å². The van der Waals surface area contributed by atoms with Crippen LogP contribution in [0.5, 0.6) is 0 Å². The predicted octanol–water partition coefficient (Wildman–Crippen LogP) is 0.897. The van der Waals surface area contributed by atoms with Crippen molar-refractivity contribution in [3.8, 4) is 6.07 Å². The lowest BCUT2D eigenvalue weighted by Gasteiger charge is -2.05. The molecule has 0 aliphatic rings. The van der Waals surface area contributed by atoms with E-state index in [9.17, 15) is 4.79 Å². The minimum atomic E-state index is -0.315. The Kier molecular flexibility index (Phi) is 3.68. The maximum absolute atomic E-state index is 11.8. The Morgan fingerprint density at radius 3 is 3.05 bits per heavy atom. The second-order valence-corrected chi connectivity index (χ2v) is 4.72. The number of anilines is 2. The summed E-state index contributed by atoms with van der Waals surface area (Å²) < 4.78 is 0. The number of aromatic amines is 1. The topological polar surface area (TPSA) is 120 Å². The van der Waals surface area contributed by atoms with Crippen LogP contribution in [0.3, 0.4) is 0 Å². The van der Waals surface area contributed by atoms with Crippen LogP contribution >= 0.6 is 11.3 Å². The fourth-order valence-corrected chi connectivity index (χ4v) is 2.47. The van der Waals surface area contributed by atoms with Crippen molar-refractivity contribution in [3.05, 3.63) is 28.4 Å². The molecule has 19 heavy (non-hydrogen) atoms. The summed E-state index contributed by atoms with van der Waals surface area (Å²) in [6.07, 6.45) is 3.42. The number of hydrogen-bond donors (Lipinski definition) is 4. The number of amides is 1. The minimum absolute atomic E-state index is 0.210. The Hall–Kier alpha value is -2.53. The average Bonchev–Trinajstić information content (AvgIpc) is 3.03. The molecule has 2 heterocycles. The van der Waals surface area contributed by atoms with Crippen LogP contribution in [0.15, 0.2) is 12.4 Å². The lowest BCUT2D eigenvalue weighted by Crippen LogP contribution is -2.20. The third-order valence-electron chi connectivity index (χ3n) is 2.51. The number of nitriles is 1. The molecular formula is C11H12N6OS. The molecule has 8 heteroatoms. The summed E-state index contributed by atoms with van der Waals surface area (Å²) in [7, 11) is 1.52. The molecule has 2 rings (SSSR count). The van der Waals surface area contributed by atoms with Gasteiger partial charge in [-0.3, -0.25) is 9.89 Å². The number of thiophene rings is 1. The van der Waals surface area contributed by atoms with Gasteiger partial charge in [-0.2, -0.15) is 10.4 Å². The van der Waals surface area contributed by atoms with Gasteiger partial charge in [0.2, 0.25) is 0 Å². The first-order valence-corrected chi connectivity index (χ1v) is 6.25. The molecule has 0 bridgehead atoms. The minimum Gasteiger partial charge on any atom is -0.396 e. The van der Waals surface area contributed by atoms with Crippen LogP contribution in [0.4, 0.5) is 10.7 Å². The monoisotopic (exact) mass is 276 g/mol. The maximum atomic E-state index is 11.8. The number of nitrogens with two attached hydrogens (primary N) is 1. The molecule has 0 atom stereocenters. The van der Waals surface area contributed by atoms with Gasteiger partial charge in [0, 0.05) is 25.4 Å². The molecule has 0 saturated heterocycles. The van der Waals surface area contributed by atoms with Crippen molar-refractivity contribution in [3.63, 3.8) is 0 Å². The van der Waals surface area contributed by atoms with Gasteiger partial charge in [-0.1, -0.05) is 0 Å². The highest BCUT2D eigenvalue weighted by Gasteiger charge is 2.21. The van der Waals surface area contributed by atoms with Gasteiger partial charge in [0.05, 0.1) is 17.4 Å². The van der Waals surface area contributed by atoms with Gasteiger partial charge in [0.25, 0.3) is 5.91 Å². The summed E-state index contributed by atoms with van der Waals surface area (Å²) in [4.78, 5) is 12.1. The second kappa shape index (κ2) is 5.41. The lowest BCUT2D eigenvalue weighted by molar-refractivity contribution is 0.0965. The van der Waals surface area contributed by atoms with Crippen LogP contribution in [0.25, 0.3) is 0 Å². The molecule has 98 valence electrons. The summed E-state index contributed by atoms with van der Waals surface area (Å²) in [5, 5.41) is 21.7. The number of carbonyl (C=O) groups is 1. The summed E-state index contributed by atoms with van der Waals surface area (Å²) in [6.45, 7) is 0.491. The first-order valence-electron chi connectivity index (χ1n) is 5.43. The molecule has 0 unspecified atom stereocenters. The van der Waals surface area contributed by atoms with E-state index in [0.717, 1.165) is 16.9 Å². The van der Waals surface area contributed by atoms with Gasteiger partial charge in [-0.25, -0.2) is 0 Å². The number of nitrogens with one attached hydrogen (secondary N) is 3. The molecule has 5 N–H and O–H groups in total. The van der Waals surface area contributed by atoms with Gasteiger partial charge >= 0.3 is 0 Å². The smallest absolute Gasteiger partial charge is 0.256 e. The predicted molar refractivity (Wildman–Crippen MR) is 72.8 cm³/mol. The highest BCUT2D eigenvalue weighted by atomic mass is 32.1. The van der Waals surface area contributed by atoms with E-state index >= 15 is 0 Å². The van der Waals surface area contributed by atoms with E-state index in [0.29, 0.717) is 22.0 Å². The lowest BCUT2D eigenvalue weighted by atomic mass is 10.2. The third kappa shape index (κ3) is 2.51. The molecule has 2 aromatic rings. The normalized spacial score (nSPS) is 9.89. The number of nitrogen functional groups attached to an aromatic ring is 1. The molecule has 0 fully saturated rings. The zero-order chi connectivity index (χ0) is 13.8. The van der Waals surface area contributed by atoms with Crippen LogP contribution in [-0.4, -0.2) is 23.2 Å². The molecule has 0 spiro atoms. The highest BCUT2D eigenvalue weighted by molar-refractivity contribution is 7.17. The fourth-order valence-electron chi connectivity index (χ4n) is 1.56. The van der Waals surface area contributed by atoms with Crippen LogP contribution in [-0.2, 0) is 6.54 Å². The van der Waals surface area contributed by atoms with Crippen molar-refractivity contribution in [2.45, 2.75) is 6.54 Å². The molecule has 7 nitrogen and oxygen atoms in total. The Morgan fingerprint density at radius 1 is 1.68 bits per heavy atom. The SMILES string of the molecule is CNC(=O)c1c(NCc2cn[nH]c2)sc(C#N)c1N. The van der Waals surface area contributed by atoms with E-state index in [1.54, 1.807) is 12.4 Å². The standard InChI is InChI=1S/C11H12N6OS/c1-14-10(18)8-9(13)7(2-12)19-11(8)15-3-6-4-16-17-5-6/h4-5,15H,3,13H2,1H3,(H,14,18)(H,16,17). The van der Waals surface area contributed by atoms with Crippen LogP contribution in [0.2, 0.25) is 0 Å². The molecule has 2 aromatic heterocycles. The molecule has 1 amide bonds. The number of carbonyl (C=O) groups excluding carboxylic acids is 1. The maximum Gasteiger partial charge on any atom is 0.256 e. The zero-order valence-corrected chi connectivity index (χ0v) is 11.0. The Bertz CT molecular complexity index is 624. The first-order chi connectivity index (χ1) is 9.17. The molecule has 0 aromatic carbocycles. The Morgan fingerprint density at radius 2 is 2.47 bits per heavy atom. The second-order valence-electron chi connectivity index (χ2n) is 3.70. The van der Waals surface area contributed by atoms with Gasteiger partial charge in [-0.15, -0.1) is 11.3 Å². The summed E-state index contributed by atoms with van der Waals surface area (Å²) in [6, 6.07) is 1.98. The summed E-state index contributed by atoms with van der Waals surface area (Å²) in [5.41, 5.74) is 7.27. The fraction of sp³-hybridized carbons (Fsp3) is 0.182. The van der Waals surface area contributed by atoms with E-state index < -0.39 is 0 Å². The molecule has 0 radical (unpaired) electrons. The molecule has 0 saturated carbocycles. The van der Waals surface area contributed by atoms with Crippen molar-refractivity contribution in [2.24, 2.45) is 0 Å². The Labute approximate surface area is 113 Å². The van der Waals surface area contributed by atoms with Crippen LogP contribution in [0.1, 0.15) is 20.8 Å². The zero-order valence-electron chi connectivity index (χ0n) is 10.2. The van der Waals surface area contributed by atoms with Crippen molar-refractivity contribution in [2.75, 3.05) is 18.1 Å². The number of H-pyrrole nitrogens is 1. The summed E-state index contributed by atoms with van der Waals surface area (Å²) in [5.74, 6) is -0.315. The first kappa shape index (κ1) is 12.9. The van der Waals surface area contributed by atoms with Gasteiger partial charge < -0.3 is 16.4 Å². The number of nitrogens with zero attached hydrogens (tertiary/aromatic N) is 2. The van der Waals surface area contributed by atoms with Crippen molar-refractivity contribution >= 4 is 27.9 Å². The van der Waals surface area contributed by atoms with Gasteiger partial charge in [-0.05, 0) is 0 Å². The van der Waals surface area contributed by atoms with Crippen molar-refractivity contribution in [1.29, 1.82) is 5.26 Å². The number of aromatic nitrogens is 2. The van der Waals surface area contributed by atoms with E-state index in [1.807, 2.05) is 6.07 Å².